The predicted molar refractivity (Wildman–Crippen MR) is 99.0 cm³/mol. The molecule has 4 rings (SSSR count). The molecule has 28 heavy (non-hydrogen) atoms. The van der Waals surface area contributed by atoms with E-state index < -0.39 is 11.6 Å². The summed E-state index contributed by atoms with van der Waals surface area (Å²) in [5, 5.41) is 3.12. The first-order valence-electron chi connectivity index (χ1n) is 8.60. The molecule has 0 bridgehead atoms. The van der Waals surface area contributed by atoms with Gasteiger partial charge in [-0.2, -0.15) is 4.98 Å². The minimum atomic E-state index is -0.722. The fourth-order valence-corrected chi connectivity index (χ4v) is 3.12. The minimum absolute atomic E-state index is 0.135. The van der Waals surface area contributed by atoms with Gasteiger partial charge in [0.2, 0.25) is 0 Å². The molecule has 3 heterocycles. The Hall–Kier alpha value is -2.65. The number of anilines is 1. The van der Waals surface area contributed by atoms with Crippen LogP contribution in [0.3, 0.4) is 0 Å². The van der Waals surface area contributed by atoms with Crippen molar-refractivity contribution in [2.75, 3.05) is 25.6 Å². The van der Waals surface area contributed by atoms with Gasteiger partial charge in [0.25, 0.3) is 6.01 Å². The summed E-state index contributed by atoms with van der Waals surface area (Å²) in [5.41, 5.74) is 0.807. The Labute approximate surface area is 164 Å². The lowest BCUT2D eigenvalue weighted by Gasteiger charge is -2.14. The van der Waals surface area contributed by atoms with Crippen molar-refractivity contribution in [3.8, 4) is 11.8 Å². The molecule has 0 spiro atoms. The normalized spacial score (nSPS) is 16.5. The first kappa shape index (κ1) is 18.7. The summed E-state index contributed by atoms with van der Waals surface area (Å²) in [7, 11) is 1.47. The molecule has 1 saturated heterocycles. The highest BCUT2D eigenvalue weighted by Gasteiger charge is 2.20. The number of benzene rings is 1. The Bertz CT molecular complexity index is 985. The Morgan fingerprint density at radius 2 is 2.07 bits per heavy atom. The summed E-state index contributed by atoms with van der Waals surface area (Å²) in [4.78, 5) is 11.3. The van der Waals surface area contributed by atoms with Crippen LogP contribution in [0.15, 0.2) is 18.2 Å². The van der Waals surface area contributed by atoms with E-state index in [-0.39, 0.29) is 40.8 Å². The number of nitrogens with zero attached hydrogens (tertiary/aromatic N) is 2. The second-order valence-electron chi connectivity index (χ2n) is 6.26. The first-order valence-corrected chi connectivity index (χ1v) is 8.97. The highest BCUT2D eigenvalue weighted by molar-refractivity contribution is 6.33. The van der Waals surface area contributed by atoms with Crippen LogP contribution in [-0.2, 0) is 11.3 Å². The molecule has 1 unspecified atom stereocenters. The molecule has 10 heteroatoms. The number of ether oxygens (including phenoxy) is 3. The molecule has 1 aromatic carbocycles. The van der Waals surface area contributed by atoms with E-state index in [0.717, 1.165) is 12.1 Å². The fourth-order valence-electron chi connectivity index (χ4n) is 2.90. The largest absolute Gasteiger partial charge is 0.488 e. The molecular formula is C18H17ClF2N4O3. The van der Waals surface area contributed by atoms with E-state index in [2.05, 4.69) is 20.3 Å². The van der Waals surface area contributed by atoms with E-state index in [4.69, 9.17) is 25.8 Å². The summed E-state index contributed by atoms with van der Waals surface area (Å²) >= 11 is 6.19. The Morgan fingerprint density at radius 3 is 2.75 bits per heavy atom. The zero-order valence-corrected chi connectivity index (χ0v) is 15.6. The Morgan fingerprint density at radius 1 is 1.29 bits per heavy atom. The van der Waals surface area contributed by atoms with Crippen LogP contribution in [0.25, 0.3) is 11.2 Å². The van der Waals surface area contributed by atoms with Crippen LogP contribution in [0.4, 0.5) is 14.6 Å². The van der Waals surface area contributed by atoms with Crippen molar-refractivity contribution >= 4 is 28.6 Å². The van der Waals surface area contributed by atoms with Crippen LogP contribution in [0.2, 0.25) is 5.02 Å². The van der Waals surface area contributed by atoms with Gasteiger partial charge in [-0.05, 0) is 6.07 Å². The van der Waals surface area contributed by atoms with Crippen LogP contribution in [0.1, 0.15) is 12.0 Å². The Kier molecular flexibility index (Phi) is 5.19. The molecule has 0 aliphatic carbocycles. The SMILES string of the molecule is COc1nc2nc(NCc3c(F)cc(OC4CCOC4)cc3F)c(Cl)cc2[nH]1. The molecule has 2 N–H and O–H groups in total. The molecular weight excluding hydrogens is 394 g/mol. The number of methoxy groups -OCH3 is 1. The van der Waals surface area contributed by atoms with Crippen molar-refractivity contribution in [1.82, 2.24) is 15.0 Å². The maximum Gasteiger partial charge on any atom is 0.295 e. The van der Waals surface area contributed by atoms with Gasteiger partial charge in [-0.3, -0.25) is 0 Å². The number of aromatic nitrogens is 3. The van der Waals surface area contributed by atoms with Gasteiger partial charge in [-0.1, -0.05) is 11.6 Å². The number of hydrogen-bond acceptors (Lipinski definition) is 6. The molecule has 0 amide bonds. The molecule has 0 radical (unpaired) electrons. The number of pyridine rings is 1. The molecule has 1 atom stereocenters. The molecule has 1 aliphatic heterocycles. The number of rotatable bonds is 6. The van der Waals surface area contributed by atoms with Crippen molar-refractivity contribution in [3.05, 3.63) is 40.4 Å². The summed E-state index contributed by atoms with van der Waals surface area (Å²) in [6.07, 6.45) is 0.500. The van der Waals surface area contributed by atoms with E-state index >= 15 is 0 Å². The average molecular weight is 411 g/mol. The van der Waals surface area contributed by atoms with Crippen molar-refractivity contribution in [1.29, 1.82) is 0 Å². The highest BCUT2D eigenvalue weighted by atomic mass is 35.5. The molecule has 0 saturated carbocycles. The number of nitrogens with one attached hydrogen (secondary N) is 2. The lowest BCUT2D eigenvalue weighted by atomic mass is 10.2. The second kappa shape index (κ2) is 7.76. The van der Waals surface area contributed by atoms with Gasteiger partial charge < -0.3 is 24.5 Å². The van der Waals surface area contributed by atoms with Gasteiger partial charge in [-0.25, -0.2) is 13.8 Å². The van der Waals surface area contributed by atoms with Gasteiger partial charge in [0.1, 0.15) is 29.3 Å². The van der Waals surface area contributed by atoms with Gasteiger partial charge in [0, 0.05) is 30.7 Å². The number of hydrogen-bond donors (Lipinski definition) is 2. The van der Waals surface area contributed by atoms with Gasteiger partial charge in [0.05, 0.1) is 30.9 Å². The Balaban J connectivity index is 1.51. The van der Waals surface area contributed by atoms with Crippen LogP contribution in [0, 0.1) is 11.6 Å². The van der Waals surface area contributed by atoms with Crippen molar-refractivity contribution in [2.24, 2.45) is 0 Å². The van der Waals surface area contributed by atoms with Crippen LogP contribution < -0.4 is 14.8 Å². The van der Waals surface area contributed by atoms with E-state index in [1.807, 2.05) is 0 Å². The van der Waals surface area contributed by atoms with Crippen molar-refractivity contribution in [2.45, 2.75) is 19.1 Å². The van der Waals surface area contributed by atoms with Crippen molar-refractivity contribution < 1.29 is 23.0 Å². The van der Waals surface area contributed by atoms with E-state index in [1.54, 1.807) is 6.07 Å². The topological polar surface area (TPSA) is 81.3 Å². The third-order valence-corrected chi connectivity index (χ3v) is 4.62. The lowest BCUT2D eigenvalue weighted by Crippen LogP contribution is -2.16. The number of imidazole rings is 1. The minimum Gasteiger partial charge on any atom is -0.488 e. The monoisotopic (exact) mass is 410 g/mol. The summed E-state index contributed by atoms with van der Waals surface area (Å²) < 4.78 is 44.6. The maximum absolute atomic E-state index is 14.4. The van der Waals surface area contributed by atoms with Gasteiger partial charge in [-0.15, -0.1) is 0 Å². The van der Waals surface area contributed by atoms with Gasteiger partial charge >= 0.3 is 0 Å². The molecule has 1 fully saturated rings. The predicted octanol–water partition coefficient (Wildman–Crippen LogP) is 3.68. The van der Waals surface area contributed by atoms with Gasteiger partial charge in [0.15, 0.2) is 5.65 Å². The first-order chi connectivity index (χ1) is 13.5. The van der Waals surface area contributed by atoms with Crippen LogP contribution in [-0.4, -0.2) is 41.4 Å². The standard InChI is InChI=1S/C18H17ClF2N4O3/c1-26-18-23-15-6-12(19)16(24-17(15)25-18)22-7-11-13(20)4-10(5-14(11)21)28-9-2-3-27-8-9/h4-6,9H,2-3,7-8H2,1H3,(H2,22,23,24,25). The molecule has 3 aromatic rings. The van der Waals surface area contributed by atoms with Crippen LogP contribution >= 0.6 is 11.6 Å². The number of halogens is 3. The zero-order chi connectivity index (χ0) is 19.7. The number of H-pyrrole nitrogens is 1. The zero-order valence-electron chi connectivity index (χ0n) is 14.9. The smallest absolute Gasteiger partial charge is 0.295 e. The second-order valence-corrected chi connectivity index (χ2v) is 6.67. The van der Waals surface area contributed by atoms with Crippen LogP contribution in [0.5, 0.6) is 11.8 Å². The molecule has 148 valence electrons. The summed E-state index contributed by atoms with van der Waals surface area (Å²) in [6.45, 7) is 0.846. The van der Waals surface area contributed by atoms with E-state index in [9.17, 15) is 8.78 Å². The fraction of sp³-hybridized carbons (Fsp3) is 0.333. The summed E-state index contributed by atoms with van der Waals surface area (Å²) in [6, 6.07) is 4.22. The van der Waals surface area contributed by atoms with E-state index in [0.29, 0.717) is 30.8 Å². The maximum atomic E-state index is 14.4. The average Bonchev–Trinajstić information content (AvgIpc) is 3.30. The molecule has 1 aliphatic rings. The number of aromatic amines is 1. The number of fused-ring (bicyclic) bond motifs is 1. The lowest BCUT2D eigenvalue weighted by molar-refractivity contribution is 0.141. The molecule has 7 nitrogen and oxygen atoms in total. The van der Waals surface area contributed by atoms with Crippen molar-refractivity contribution in [3.63, 3.8) is 0 Å². The summed E-state index contributed by atoms with van der Waals surface area (Å²) in [5.74, 6) is -1.05. The third kappa shape index (κ3) is 3.81. The highest BCUT2D eigenvalue weighted by Crippen LogP contribution is 2.27. The molecule has 2 aromatic heterocycles. The third-order valence-electron chi connectivity index (χ3n) is 4.34. The van der Waals surface area contributed by atoms with E-state index in [1.165, 1.54) is 7.11 Å². The quantitative estimate of drug-likeness (QED) is 0.645.